The Morgan fingerprint density at radius 1 is 1.03 bits per heavy atom. The highest BCUT2D eigenvalue weighted by molar-refractivity contribution is 6.30. The number of carbonyl (C=O) groups excluding carboxylic acids is 1. The van der Waals surface area contributed by atoms with E-state index in [1.807, 2.05) is 60.4 Å². The first-order chi connectivity index (χ1) is 15.0. The zero-order chi connectivity index (χ0) is 22.2. The van der Waals surface area contributed by atoms with Crippen molar-refractivity contribution in [1.82, 2.24) is 4.90 Å². The first-order valence-electron chi connectivity index (χ1n) is 10.9. The van der Waals surface area contributed by atoms with E-state index in [2.05, 4.69) is 0 Å². The maximum absolute atomic E-state index is 12.8. The van der Waals surface area contributed by atoms with Crippen LogP contribution in [0.1, 0.15) is 60.0 Å². The van der Waals surface area contributed by atoms with E-state index in [4.69, 9.17) is 16.3 Å². The van der Waals surface area contributed by atoms with Crippen LogP contribution in [-0.2, 0) is 16.0 Å². The maximum atomic E-state index is 12.8. The summed E-state index contributed by atoms with van der Waals surface area (Å²) in [4.78, 5) is 26.2. The fraction of sp³-hybridized carbons (Fsp3) is 0.440. The van der Waals surface area contributed by atoms with Gasteiger partial charge in [0.05, 0.1) is 12.5 Å². The van der Waals surface area contributed by atoms with Gasteiger partial charge in [0.2, 0.25) is 0 Å². The molecule has 1 amide bonds. The Hall–Kier alpha value is -2.37. The zero-order valence-corrected chi connectivity index (χ0v) is 18.7. The van der Waals surface area contributed by atoms with Crippen molar-refractivity contribution in [1.29, 1.82) is 0 Å². The molecule has 2 aromatic carbocycles. The molecule has 0 aliphatic carbocycles. The van der Waals surface area contributed by atoms with E-state index >= 15 is 0 Å². The van der Waals surface area contributed by atoms with E-state index < -0.39 is 12.1 Å². The number of ether oxygens (including phenoxy) is 1. The van der Waals surface area contributed by atoms with Crippen LogP contribution < -0.4 is 0 Å². The number of carboxylic acids is 1. The van der Waals surface area contributed by atoms with E-state index in [0.29, 0.717) is 23.6 Å². The van der Waals surface area contributed by atoms with Gasteiger partial charge in [0.25, 0.3) is 5.91 Å². The standard InChI is InChI=1S/C25H30ClNO4/c1-2-31-23(17-24(28)29)22(16-18-6-12-21(26)13-7-18)19-8-10-20(11-9-19)25(30)27-14-4-3-5-15-27/h6-13,22-23H,2-5,14-17H2,1H3,(H,28,29)/t22-,23-/m1/s1. The molecule has 2 atom stereocenters. The van der Waals surface area contributed by atoms with E-state index in [9.17, 15) is 14.7 Å². The van der Waals surface area contributed by atoms with Crippen LogP contribution in [0.25, 0.3) is 0 Å². The summed E-state index contributed by atoms with van der Waals surface area (Å²) in [6.07, 6.45) is 3.35. The third-order valence-corrected chi connectivity index (χ3v) is 6.06. The van der Waals surface area contributed by atoms with Crippen molar-refractivity contribution in [3.05, 3.63) is 70.2 Å². The zero-order valence-electron chi connectivity index (χ0n) is 17.9. The quantitative estimate of drug-likeness (QED) is 0.580. The monoisotopic (exact) mass is 443 g/mol. The highest BCUT2D eigenvalue weighted by Gasteiger charge is 2.27. The third-order valence-electron chi connectivity index (χ3n) is 5.80. The number of hydrogen-bond acceptors (Lipinski definition) is 3. The van der Waals surface area contributed by atoms with Crippen LogP contribution in [0.15, 0.2) is 48.5 Å². The number of rotatable bonds is 9. The lowest BCUT2D eigenvalue weighted by Crippen LogP contribution is -2.35. The van der Waals surface area contributed by atoms with Crippen LogP contribution in [0.4, 0.5) is 0 Å². The van der Waals surface area contributed by atoms with Gasteiger partial charge in [0, 0.05) is 36.2 Å². The topological polar surface area (TPSA) is 66.8 Å². The van der Waals surface area contributed by atoms with Crippen molar-refractivity contribution in [2.45, 2.75) is 51.0 Å². The second-order valence-electron chi connectivity index (χ2n) is 8.00. The van der Waals surface area contributed by atoms with Gasteiger partial charge in [-0.3, -0.25) is 9.59 Å². The summed E-state index contributed by atoms with van der Waals surface area (Å²) in [6, 6.07) is 15.1. The molecule has 1 fully saturated rings. The largest absolute Gasteiger partial charge is 0.481 e. The molecule has 0 bridgehead atoms. The van der Waals surface area contributed by atoms with Crippen LogP contribution in [0.2, 0.25) is 5.02 Å². The SMILES string of the molecule is CCO[C@H](CC(=O)O)[C@H](Cc1ccc(Cl)cc1)c1ccc(C(=O)N2CCCCC2)cc1. The molecule has 1 aliphatic heterocycles. The van der Waals surface area contributed by atoms with Crippen molar-refractivity contribution in [2.24, 2.45) is 0 Å². The smallest absolute Gasteiger partial charge is 0.306 e. The molecule has 0 aromatic heterocycles. The lowest BCUT2D eigenvalue weighted by molar-refractivity contribution is -0.140. The van der Waals surface area contributed by atoms with Crippen molar-refractivity contribution >= 4 is 23.5 Å². The van der Waals surface area contributed by atoms with Gasteiger partial charge in [-0.1, -0.05) is 35.9 Å². The van der Waals surface area contributed by atoms with E-state index in [1.165, 1.54) is 6.42 Å². The molecule has 166 valence electrons. The second-order valence-corrected chi connectivity index (χ2v) is 8.44. The van der Waals surface area contributed by atoms with E-state index in [1.54, 1.807) is 0 Å². The Labute approximate surface area is 189 Å². The third kappa shape index (κ3) is 6.55. The van der Waals surface area contributed by atoms with E-state index in [0.717, 1.165) is 37.1 Å². The van der Waals surface area contributed by atoms with Crippen LogP contribution in [0, 0.1) is 0 Å². The molecule has 31 heavy (non-hydrogen) atoms. The van der Waals surface area contributed by atoms with Crippen LogP contribution >= 0.6 is 11.6 Å². The van der Waals surface area contributed by atoms with Crippen molar-refractivity contribution < 1.29 is 19.4 Å². The molecule has 0 saturated carbocycles. The molecular weight excluding hydrogens is 414 g/mol. The Balaban J connectivity index is 1.85. The molecule has 1 heterocycles. The molecule has 6 heteroatoms. The number of aliphatic carboxylic acids is 1. The number of benzene rings is 2. The van der Waals surface area contributed by atoms with Crippen LogP contribution in [-0.4, -0.2) is 47.7 Å². The Kier molecular flexibility index (Phi) is 8.50. The number of carbonyl (C=O) groups is 2. The molecule has 1 saturated heterocycles. The van der Waals surface area contributed by atoms with Gasteiger partial charge in [-0.25, -0.2) is 0 Å². The Morgan fingerprint density at radius 3 is 2.26 bits per heavy atom. The summed E-state index contributed by atoms with van der Waals surface area (Å²) in [7, 11) is 0. The summed E-state index contributed by atoms with van der Waals surface area (Å²) >= 11 is 6.02. The second kappa shape index (κ2) is 11.3. The highest BCUT2D eigenvalue weighted by atomic mass is 35.5. The number of halogens is 1. The molecule has 0 unspecified atom stereocenters. The molecule has 5 nitrogen and oxygen atoms in total. The average molecular weight is 444 g/mol. The molecule has 1 aliphatic rings. The Bertz CT molecular complexity index is 860. The molecule has 3 rings (SSSR count). The number of amides is 1. The fourth-order valence-electron chi connectivity index (χ4n) is 4.19. The lowest BCUT2D eigenvalue weighted by Gasteiger charge is -2.28. The van der Waals surface area contributed by atoms with Gasteiger partial charge in [-0.05, 0) is 68.0 Å². The maximum Gasteiger partial charge on any atom is 0.306 e. The number of hydrogen-bond donors (Lipinski definition) is 1. The van der Waals surface area contributed by atoms with Crippen LogP contribution in [0.3, 0.4) is 0 Å². The normalized spacial score (nSPS) is 16.0. The lowest BCUT2D eigenvalue weighted by atomic mass is 9.85. The van der Waals surface area contributed by atoms with Gasteiger partial charge < -0.3 is 14.7 Å². The van der Waals surface area contributed by atoms with Gasteiger partial charge in [0.1, 0.15) is 0 Å². The molecule has 2 aromatic rings. The first kappa shape index (κ1) is 23.3. The average Bonchev–Trinajstić information content (AvgIpc) is 2.78. The number of likely N-dealkylation sites (tertiary alicyclic amines) is 1. The molecule has 0 radical (unpaired) electrons. The first-order valence-corrected chi connectivity index (χ1v) is 11.3. The number of carboxylic acid groups (broad SMARTS) is 1. The minimum absolute atomic E-state index is 0.0624. The molecule has 1 N–H and O–H groups in total. The summed E-state index contributed by atoms with van der Waals surface area (Å²) in [5.74, 6) is -0.986. The summed E-state index contributed by atoms with van der Waals surface area (Å²) in [6.45, 7) is 3.92. The van der Waals surface area contributed by atoms with Crippen molar-refractivity contribution in [3.63, 3.8) is 0 Å². The minimum Gasteiger partial charge on any atom is -0.481 e. The molecular formula is C25H30ClNO4. The predicted molar refractivity (Wildman–Crippen MR) is 122 cm³/mol. The van der Waals surface area contributed by atoms with Crippen molar-refractivity contribution in [3.8, 4) is 0 Å². The van der Waals surface area contributed by atoms with Gasteiger partial charge in [0.15, 0.2) is 0 Å². The number of nitrogens with zero attached hydrogens (tertiary/aromatic N) is 1. The summed E-state index contributed by atoms with van der Waals surface area (Å²) in [5.41, 5.74) is 2.69. The summed E-state index contributed by atoms with van der Waals surface area (Å²) < 4.78 is 5.86. The molecule has 0 spiro atoms. The minimum atomic E-state index is -0.892. The van der Waals surface area contributed by atoms with Gasteiger partial charge in [-0.2, -0.15) is 0 Å². The van der Waals surface area contributed by atoms with Gasteiger partial charge in [-0.15, -0.1) is 0 Å². The highest BCUT2D eigenvalue weighted by Crippen LogP contribution is 2.30. The van der Waals surface area contributed by atoms with Crippen LogP contribution in [0.5, 0.6) is 0 Å². The van der Waals surface area contributed by atoms with E-state index in [-0.39, 0.29) is 18.2 Å². The Morgan fingerprint density at radius 2 is 1.68 bits per heavy atom. The number of piperidine rings is 1. The van der Waals surface area contributed by atoms with Gasteiger partial charge >= 0.3 is 5.97 Å². The van der Waals surface area contributed by atoms with Crippen molar-refractivity contribution in [2.75, 3.05) is 19.7 Å². The fourth-order valence-corrected chi connectivity index (χ4v) is 4.32. The summed E-state index contributed by atoms with van der Waals surface area (Å²) in [5, 5.41) is 10.1. The predicted octanol–water partition coefficient (Wildman–Crippen LogP) is 5.17.